The van der Waals surface area contributed by atoms with Crippen molar-refractivity contribution >= 4 is 39.5 Å². The number of halogens is 1. The summed E-state index contributed by atoms with van der Waals surface area (Å²) in [6.45, 7) is 6.70. The van der Waals surface area contributed by atoms with Crippen LogP contribution in [0.15, 0.2) is 36.4 Å². The Labute approximate surface area is 231 Å². The lowest BCUT2D eigenvalue weighted by atomic mass is 9.57. The molecule has 206 valence electrons. The number of morpholine rings is 1. The quantitative estimate of drug-likeness (QED) is 0.349. The third-order valence-electron chi connectivity index (χ3n) is 7.53. The molecule has 0 radical (unpaired) electrons. The van der Waals surface area contributed by atoms with Crippen molar-refractivity contribution in [2.75, 3.05) is 25.5 Å². The van der Waals surface area contributed by atoms with Crippen molar-refractivity contribution in [3.8, 4) is 0 Å². The van der Waals surface area contributed by atoms with Gasteiger partial charge in [0, 0.05) is 61.8 Å². The second kappa shape index (κ2) is 11.9. The molecule has 2 amide bonds. The minimum atomic E-state index is -0.797. The first kappa shape index (κ1) is 28.8. The summed E-state index contributed by atoms with van der Waals surface area (Å²) < 4.78 is 21.1. The van der Waals surface area contributed by atoms with E-state index in [1.807, 2.05) is 33.9 Å². The maximum Gasteiger partial charge on any atom is 0.255 e. The first-order chi connectivity index (χ1) is 18.5. The van der Waals surface area contributed by atoms with Crippen molar-refractivity contribution < 1.29 is 23.5 Å². The third kappa shape index (κ3) is 6.36. The molecule has 0 aromatic heterocycles. The highest BCUT2D eigenvalue weighted by Crippen LogP contribution is 2.34. The number of amides is 2. The largest absolute Gasteiger partial charge is 0.391 e. The van der Waals surface area contributed by atoms with Gasteiger partial charge in [-0.25, -0.2) is 4.39 Å². The Morgan fingerprint density at radius 2 is 1.95 bits per heavy atom. The summed E-state index contributed by atoms with van der Waals surface area (Å²) in [5, 5.41) is 5.28. The average molecular weight is 534 g/mol. The summed E-state index contributed by atoms with van der Waals surface area (Å²) >= 11 is 0. The molecule has 11 heteroatoms. The zero-order chi connectivity index (χ0) is 28.3. The van der Waals surface area contributed by atoms with Crippen molar-refractivity contribution in [1.29, 1.82) is 0 Å². The number of aldehydes is 1. The van der Waals surface area contributed by atoms with Crippen LogP contribution in [0, 0.1) is 5.82 Å². The first-order valence-corrected chi connectivity index (χ1v) is 13.6. The van der Waals surface area contributed by atoms with E-state index in [1.165, 1.54) is 18.0 Å². The maximum atomic E-state index is 15.2. The van der Waals surface area contributed by atoms with Gasteiger partial charge in [0.25, 0.3) is 5.91 Å². The average Bonchev–Trinajstić information content (AvgIpc) is 3.21. The molecule has 3 unspecified atom stereocenters. The van der Waals surface area contributed by atoms with Crippen molar-refractivity contribution in [3.63, 3.8) is 0 Å². The number of nitrogens with one attached hydrogen (secondary N) is 2. The van der Waals surface area contributed by atoms with Crippen LogP contribution >= 0.6 is 0 Å². The van der Waals surface area contributed by atoms with Crippen LogP contribution in [0.5, 0.6) is 0 Å². The van der Waals surface area contributed by atoms with E-state index in [-0.39, 0.29) is 49.2 Å². The Balaban J connectivity index is 1.57. The Kier molecular flexibility index (Phi) is 8.81. The molecule has 0 saturated carbocycles. The standard InChI is InChI=1S/C28H37B2FN4O4/c1-17-13-34(14-18(2)39-17)15-19-9-10-23(31)22(12-19)28(29,30)33-24-7-4-6-20-21(24)16-35(27(20)38)25(8-5-11-36)26(37)32-3/h4,6-7,9-12,17-18,25,33H,5,8,13-16,29-30H2,1-3H3,(H,32,37). The number of anilines is 1. The Morgan fingerprint density at radius 3 is 2.62 bits per heavy atom. The second-order valence-electron chi connectivity index (χ2n) is 11.2. The van der Waals surface area contributed by atoms with Gasteiger partial charge >= 0.3 is 0 Å². The molecule has 2 aromatic carbocycles. The molecular formula is C28H37B2FN4O4. The number of benzene rings is 2. The molecule has 2 aromatic rings. The molecule has 2 N–H and O–H groups in total. The van der Waals surface area contributed by atoms with Crippen molar-refractivity contribution in [1.82, 2.24) is 15.1 Å². The van der Waals surface area contributed by atoms with Crippen LogP contribution in [0.25, 0.3) is 0 Å². The second-order valence-corrected chi connectivity index (χ2v) is 11.2. The molecule has 0 bridgehead atoms. The fourth-order valence-electron chi connectivity index (χ4n) is 5.77. The van der Waals surface area contributed by atoms with Gasteiger partial charge in [0.05, 0.1) is 12.2 Å². The van der Waals surface area contributed by atoms with E-state index in [0.717, 1.165) is 30.5 Å². The fourth-order valence-corrected chi connectivity index (χ4v) is 5.77. The highest BCUT2D eigenvalue weighted by Gasteiger charge is 2.38. The van der Waals surface area contributed by atoms with Crippen LogP contribution < -0.4 is 10.6 Å². The third-order valence-corrected chi connectivity index (χ3v) is 7.53. The van der Waals surface area contributed by atoms with Crippen LogP contribution in [-0.4, -0.2) is 82.0 Å². The Hall–Kier alpha value is -3.17. The van der Waals surface area contributed by atoms with Gasteiger partial charge in [0.2, 0.25) is 5.91 Å². The molecule has 0 aliphatic carbocycles. The summed E-state index contributed by atoms with van der Waals surface area (Å²) in [6, 6.07) is 9.90. The predicted molar refractivity (Wildman–Crippen MR) is 154 cm³/mol. The van der Waals surface area contributed by atoms with Crippen molar-refractivity contribution in [2.24, 2.45) is 0 Å². The Morgan fingerprint density at radius 1 is 1.23 bits per heavy atom. The molecule has 2 aliphatic heterocycles. The van der Waals surface area contributed by atoms with Gasteiger partial charge < -0.3 is 25.1 Å². The summed E-state index contributed by atoms with van der Waals surface area (Å²) in [7, 11) is 5.35. The number of carbonyl (C=O) groups excluding carboxylic acids is 3. The van der Waals surface area contributed by atoms with E-state index in [2.05, 4.69) is 29.4 Å². The maximum absolute atomic E-state index is 15.2. The number of carbonyl (C=O) groups is 3. The van der Waals surface area contributed by atoms with E-state index in [9.17, 15) is 14.4 Å². The first-order valence-electron chi connectivity index (χ1n) is 13.6. The van der Waals surface area contributed by atoms with Crippen LogP contribution in [0.3, 0.4) is 0 Å². The van der Waals surface area contributed by atoms with Crippen LogP contribution in [-0.2, 0) is 32.8 Å². The van der Waals surface area contributed by atoms with Gasteiger partial charge in [-0.1, -0.05) is 18.2 Å². The molecule has 8 nitrogen and oxygen atoms in total. The fraction of sp³-hybridized carbons (Fsp3) is 0.464. The minimum absolute atomic E-state index is 0.149. The highest BCUT2D eigenvalue weighted by molar-refractivity contribution is 6.41. The van der Waals surface area contributed by atoms with E-state index in [1.54, 1.807) is 12.1 Å². The number of hydrogen-bond acceptors (Lipinski definition) is 6. The van der Waals surface area contributed by atoms with Crippen LogP contribution in [0.1, 0.15) is 53.7 Å². The minimum Gasteiger partial charge on any atom is -0.391 e. The molecule has 4 rings (SSSR count). The van der Waals surface area contributed by atoms with E-state index in [4.69, 9.17) is 4.74 Å². The van der Waals surface area contributed by atoms with Crippen LogP contribution in [0.2, 0.25) is 0 Å². The molecule has 0 spiro atoms. The number of fused-ring (bicyclic) bond motifs is 1. The molecule has 2 aliphatic rings. The van der Waals surface area contributed by atoms with Gasteiger partial charge in [-0.05, 0) is 49.6 Å². The summed E-state index contributed by atoms with van der Waals surface area (Å²) in [5.41, 5.74) is 3.51. The van der Waals surface area contributed by atoms with E-state index >= 15 is 4.39 Å². The predicted octanol–water partition coefficient (Wildman–Crippen LogP) is 0.973. The molecule has 3 atom stereocenters. The normalized spacial score (nSPS) is 20.4. The van der Waals surface area contributed by atoms with Gasteiger partial charge in [-0.2, -0.15) is 0 Å². The lowest BCUT2D eigenvalue weighted by Gasteiger charge is -2.36. The zero-order valence-corrected chi connectivity index (χ0v) is 23.4. The number of ether oxygens (including phenoxy) is 1. The SMILES string of the molecule is BC(B)(Nc1cccc2c1CN(C(CCC=O)C(=O)NC)C2=O)c1cc(CN2CC(C)OC(C)C2)ccc1F. The summed E-state index contributed by atoms with van der Waals surface area (Å²) in [4.78, 5) is 40.7. The number of rotatable bonds is 10. The van der Waals surface area contributed by atoms with Gasteiger partial charge in [0.15, 0.2) is 0 Å². The van der Waals surface area contributed by atoms with Crippen molar-refractivity contribution in [3.05, 3.63) is 64.5 Å². The van der Waals surface area contributed by atoms with E-state index < -0.39 is 11.4 Å². The smallest absolute Gasteiger partial charge is 0.255 e. The van der Waals surface area contributed by atoms with Gasteiger partial charge in [-0.3, -0.25) is 14.5 Å². The summed E-state index contributed by atoms with van der Waals surface area (Å²) in [6.07, 6.45) is 1.47. The number of likely N-dealkylation sites (N-methyl/N-ethyl adjacent to an activating group) is 1. The van der Waals surface area contributed by atoms with Crippen LogP contribution in [0.4, 0.5) is 10.1 Å². The lowest BCUT2D eigenvalue weighted by Crippen LogP contribution is -2.46. The highest BCUT2D eigenvalue weighted by atomic mass is 19.1. The molecular weight excluding hydrogens is 497 g/mol. The Bertz CT molecular complexity index is 1230. The summed E-state index contributed by atoms with van der Waals surface area (Å²) in [5.74, 6) is -0.873. The lowest BCUT2D eigenvalue weighted by molar-refractivity contribution is -0.125. The van der Waals surface area contributed by atoms with Gasteiger partial charge in [-0.15, -0.1) is 0 Å². The molecule has 39 heavy (non-hydrogen) atoms. The topological polar surface area (TPSA) is 91.0 Å². The number of nitrogens with zero attached hydrogens (tertiary/aromatic N) is 2. The van der Waals surface area contributed by atoms with Gasteiger partial charge in [0.1, 0.15) is 33.8 Å². The molecule has 1 saturated heterocycles. The zero-order valence-electron chi connectivity index (χ0n) is 23.4. The van der Waals surface area contributed by atoms with Crippen molar-refractivity contribution in [2.45, 2.75) is 63.4 Å². The molecule has 2 heterocycles. The van der Waals surface area contributed by atoms with E-state index in [0.29, 0.717) is 23.4 Å². The monoisotopic (exact) mass is 534 g/mol. The molecule has 1 fully saturated rings. The number of hydrogen-bond donors (Lipinski definition) is 2.